The minimum Gasteiger partial charge on any atom is -0.362 e. The van der Waals surface area contributed by atoms with Crippen LogP contribution in [0.2, 0.25) is 0 Å². The smallest absolute Gasteiger partial charge is 0.0996 e. The Hall–Kier alpha value is -0.160. The SMILES string of the molecule is CC(C)N1CCC(C(C)(C)CCC(C)(C)C2CCN(C(C)(C)C)OC2)OC1. The number of hydrogen-bond acceptors (Lipinski definition) is 4. The van der Waals surface area contributed by atoms with Crippen LogP contribution in [0.1, 0.15) is 88.0 Å². The second-order valence-electron chi connectivity index (χ2n) is 11.5. The molecule has 2 heterocycles. The molecule has 0 amide bonds. The van der Waals surface area contributed by atoms with Crippen molar-refractivity contribution in [2.75, 3.05) is 26.4 Å². The third-order valence-electron chi connectivity index (χ3n) is 7.10. The third-order valence-corrected chi connectivity index (χ3v) is 7.10. The van der Waals surface area contributed by atoms with Gasteiger partial charge in [-0.2, -0.15) is 5.06 Å². The molecule has 0 N–H and O–H groups in total. The van der Waals surface area contributed by atoms with Gasteiger partial charge in [-0.15, -0.1) is 0 Å². The average molecular weight is 383 g/mol. The van der Waals surface area contributed by atoms with E-state index in [1.54, 1.807) is 0 Å². The summed E-state index contributed by atoms with van der Waals surface area (Å²) in [6.07, 6.45) is 5.21. The first-order chi connectivity index (χ1) is 12.3. The Morgan fingerprint density at radius 2 is 1.52 bits per heavy atom. The van der Waals surface area contributed by atoms with Gasteiger partial charge in [0.2, 0.25) is 0 Å². The van der Waals surface area contributed by atoms with Crippen LogP contribution in [0, 0.1) is 16.7 Å². The third kappa shape index (κ3) is 6.16. The summed E-state index contributed by atoms with van der Waals surface area (Å²) in [7, 11) is 0. The van der Waals surface area contributed by atoms with Gasteiger partial charge in [0.25, 0.3) is 0 Å². The number of rotatable bonds is 6. The van der Waals surface area contributed by atoms with Gasteiger partial charge in [-0.05, 0) is 77.0 Å². The van der Waals surface area contributed by atoms with E-state index in [0.29, 0.717) is 23.5 Å². The highest BCUT2D eigenvalue weighted by atomic mass is 16.7. The summed E-state index contributed by atoms with van der Waals surface area (Å²) in [4.78, 5) is 8.55. The van der Waals surface area contributed by atoms with E-state index in [4.69, 9.17) is 9.57 Å². The van der Waals surface area contributed by atoms with Crippen LogP contribution in [0.5, 0.6) is 0 Å². The lowest BCUT2D eigenvalue weighted by Crippen LogP contribution is -2.49. The van der Waals surface area contributed by atoms with Crippen LogP contribution in [-0.4, -0.2) is 54.1 Å². The van der Waals surface area contributed by atoms with E-state index in [1.807, 2.05) is 0 Å². The van der Waals surface area contributed by atoms with Gasteiger partial charge in [0, 0.05) is 24.7 Å². The first-order valence-corrected chi connectivity index (χ1v) is 11.1. The van der Waals surface area contributed by atoms with Crippen molar-refractivity contribution in [1.29, 1.82) is 0 Å². The van der Waals surface area contributed by atoms with Gasteiger partial charge in [-0.1, -0.05) is 27.7 Å². The minimum absolute atomic E-state index is 0.0965. The first-order valence-electron chi connectivity index (χ1n) is 11.1. The fourth-order valence-electron chi connectivity index (χ4n) is 4.40. The van der Waals surface area contributed by atoms with Crippen LogP contribution >= 0.6 is 0 Å². The Morgan fingerprint density at radius 1 is 0.889 bits per heavy atom. The topological polar surface area (TPSA) is 24.9 Å². The molecule has 4 heteroatoms. The Labute approximate surface area is 168 Å². The molecule has 4 nitrogen and oxygen atoms in total. The number of hydrogen-bond donors (Lipinski definition) is 0. The molecule has 2 rings (SSSR count). The lowest BCUT2D eigenvalue weighted by molar-refractivity contribution is -0.251. The normalized spacial score (nSPS) is 27.3. The van der Waals surface area contributed by atoms with E-state index >= 15 is 0 Å². The fourth-order valence-corrected chi connectivity index (χ4v) is 4.40. The second kappa shape index (κ2) is 8.69. The molecule has 0 radical (unpaired) electrons. The van der Waals surface area contributed by atoms with Crippen molar-refractivity contribution in [1.82, 2.24) is 9.96 Å². The van der Waals surface area contributed by atoms with Crippen LogP contribution in [0.3, 0.4) is 0 Å². The van der Waals surface area contributed by atoms with Crippen molar-refractivity contribution < 1.29 is 9.57 Å². The van der Waals surface area contributed by atoms with Gasteiger partial charge in [0.05, 0.1) is 19.4 Å². The molecule has 160 valence electrons. The standard InChI is InChI=1S/C23H46N2O2/c1-18(2)24-14-11-20(26-17-24)23(8,9)13-12-22(6,7)19-10-15-25(27-16-19)21(3,4)5/h18-20H,10-17H2,1-9H3. The van der Waals surface area contributed by atoms with E-state index in [-0.39, 0.29) is 11.0 Å². The summed E-state index contributed by atoms with van der Waals surface area (Å²) in [5.74, 6) is 0.635. The van der Waals surface area contributed by atoms with E-state index in [0.717, 1.165) is 32.8 Å². The molecule has 2 fully saturated rings. The maximum atomic E-state index is 6.27. The lowest BCUT2D eigenvalue weighted by Gasteiger charge is -2.46. The Kier molecular flexibility index (Phi) is 7.44. The van der Waals surface area contributed by atoms with Crippen LogP contribution in [0.4, 0.5) is 0 Å². The van der Waals surface area contributed by atoms with Crippen LogP contribution in [0.25, 0.3) is 0 Å². The first kappa shape index (κ1) is 23.1. The molecule has 2 unspecified atom stereocenters. The maximum absolute atomic E-state index is 6.27. The molecule has 0 aromatic heterocycles. The summed E-state index contributed by atoms with van der Waals surface area (Å²) in [5.41, 5.74) is 0.631. The molecular weight excluding hydrogens is 336 g/mol. The summed E-state index contributed by atoms with van der Waals surface area (Å²) in [6, 6.07) is 0.576. The highest BCUT2D eigenvalue weighted by molar-refractivity contribution is 4.88. The molecule has 2 saturated heterocycles. The van der Waals surface area contributed by atoms with Gasteiger partial charge in [0.15, 0.2) is 0 Å². The fraction of sp³-hybridized carbons (Fsp3) is 1.00. The van der Waals surface area contributed by atoms with Crippen LogP contribution in [-0.2, 0) is 9.57 Å². The highest BCUT2D eigenvalue weighted by Crippen LogP contribution is 2.42. The van der Waals surface area contributed by atoms with Gasteiger partial charge >= 0.3 is 0 Å². The summed E-state index contributed by atoms with van der Waals surface area (Å²) in [5, 5.41) is 2.17. The molecule has 0 aromatic carbocycles. The van der Waals surface area contributed by atoms with Crippen LogP contribution in [0.15, 0.2) is 0 Å². The summed E-state index contributed by atoms with van der Waals surface area (Å²) < 4.78 is 6.27. The zero-order valence-electron chi connectivity index (χ0n) is 19.6. The van der Waals surface area contributed by atoms with Crippen molar-refractivity contribution in [3.05, 3.63) is 0 Å². The summed E-state index contributed by atoms with van der Waals surface area (Å²) >= 11 is 0. The predicted molar refractivity (Wildman–Crippen MR) is 114 cm³/mol. The molecule has 0 aliphatic carbocycles. The summed E-state index contributed by atoms with van der Waals surface area (Å²) in [6.45, 7) is 24.7. The number of nitrogens with zero attached hydrogens (tertiary/aromatic N) is 2. The molecule has 2 aliphatic heterocycles. The van der Waals surface area contributed by atoms with E-state index < -0.39 is 0 Å². The monoisotopic (exact) mass is 382 g/mol. The lowest BCUT2D eigenvalue weighted by atomic mass is 9.69. The highest BCUT2D eigenvalue weighted by Gasteiger charge is 2.39. The quantitative estimate of drug-likeness (QED) is 0.620. The van der Waals surface area contributed by atoms with Gasteiger partial charge in [0.1, 0.15) is 0 Å². The van der Waals surface area contributed by atoms with Crippen molar-refractivity contribution in [3.8, 4) is 0 Å². The second-order valence-corrected chi connectivity index (χ2v) is 11.5. The van der Waals surface area contributed by atoms with Gasteiger partial charge < -0.3 is 4.74 Å². The number of ether oxygens (including phenoxy) is 1. The van der Waals surface area contributed by atoms with E-state index in [1.165, 1.54) is 19.3 Å². The Balaban J connectivity index is 1.83. The van der Waals surface area contributed by atoms with Crippen molar-refractivity contribution in [2.24, 2.45) is 16.7 Å². The zero-order valence-corrected chi connectivity index (χ0v) is 19.6. The Morgan fingerprint density at radius 3 is 1.96 bits per heavy atom. The molecule has 0 aromatic rings. The average Bonchev–Trinajstić information content (AvgIpc) is 2.60. The van der Waals surface area contributed by atoms with Crippen molar-refractivity contribution >= 4 is 0 Å². The molecule has 0 spiro atoms. The zero-order chi connectivity index (χ0) is 20.5. The molecule has 0 saturated carbocycles. The molecule has 2 aliphatic rings. The number of hydroxylamine groups is 2. The van der Waals surface area contributed by atoms with E-state index in [9.17, 15) is 0 Å². The van der Waals surface area contributed by atoms with Crippen molar-refractivity contribution in [2.45, 2.75) is 106 Å². The molecule has 0 bridgehead atoms. The maximum Gasteiger partial charge on any atom is 0.0996 e. The molecule has 2 atom stereocenters. The largest absolute Gasteiger partial charge is 0.362 e. The van der Waals surface area contributed by atoms with Crippen molar-refractivity contribution in [3.63, 3.8) is 0 Å². The minimum atomic E-state index is 0.0965. The van der Waals surface area contributed by atoms with Crippen LogP contribution < -0.4 is 0 Å². The van der Waals surface area contributed by atoms with E-state index in [2.05, 4.69) is 72.3 Å². The van der Waals surface area contributed by atoms with Gasteiger partial charge in [-0.3, -0.25) is 9.74 Å². The predicted octanol–water partition coefficient (Wildman–Crippen LogP) is 5.33. The Bertz CT molecular complexity index is 451. The van der Waals surface area contributed by atoms with Gasteiger partial charge in [-0.25, -0.2) is 0 Å². The molecular formula is C23H46N2O2. The molecule has 27 heavy (non-hydrogen) atoms.